The maximum absolute atomic E-state index is 9.80. The van der Waals surface area contributed by atoms with Crippen LogP contribution in [0.5, 0.6) is 0 Å². The smallest absolute Gasteiger partial charge is 0.163 e. The first kappa shape index (κ1) is 17.2. The quantitative estimate of drug-likeness (QED) is 0.719. The van der Waals surface area contributed by atoms with E-state index in [4.69, 9.17) is 0 Å². The summed E-state index contributed by atoms with van der Waals surface area (Å²) in [5, 5.41) is 18.6. The number of para-hydroxylation sites is 1. The van der Waals surface area contributed by atoms with Crippen molar-refractivity contribution in [3.05, 3.63) is 66.5 Å². The summed E-state index contributed by atoms with van der Waals surface area (Å²) in [5.41, 5.74) is 2.12. The zero-order valence-corrected chi connectivity index (χ0v) is 14.7. The molecule has 0 aliphatic rings. The van der Waals surface area contributed by atoms with E-state index in [1.165, 1.54) is 0 Å². The number of aromatic nitrogens is 3. The van der Waals surface area contributed by atoms with Crippen LogP contribution in [0.1, 0.15) is 19.2 Å². The van der Waals surface area contributed by atoms with Gasteiger partial charge in [0.1, 0.15) is 0 Å². The summed E-state index contributed by atoms with van der Waals surface area (Å²) < 4.78 is 2.02. The van der Waals surface area contributed by atoms with Crippen LogP contribution in [0.2, 0.25) is 0 Å². The Morgan fingerprint density at radius 3 is 2.24 bits per heavy atom. The Morgan fingerprint density at radius 1 is 1.00 bits per heavy atom. The lowest BCUT2D eigenvalue weighted by Crippen LogP contribution is -2.37. The Kier molecular flexibility index (Phi) is 5.46. The monoisotopic (exact) mass is 336 g/mol. The fourth-order valence-electron chi connectivity index (χ4n) is 2.99. The summed E-state index contributed by atoms with van der Waals surface area (Å²) in [6.07, 6.45) is 0.856. The first-order valence-corrected chi connectivity index (χ1v) is 8.60. The summed E-state index contributed by atoms with van der Waals surface area (Å²) in [4.78, 5) is 2.19. The molecular weight excluding hydrogens is 312 g/mol. The minimum absolute atomic E-state index is 0.0410. The van der Waals surface area contributed by atoms with Gasteiger partial charge in [-0.25, -0.2) is 0 Å². The molecular formula is C20H24N4O. The Hall–Kier alpha value is -2.66. The molecule has 3 rings (SSSR count). The molecule has 2 aromatic carbocycles. The second-order valence-electron chi connectivity index (χ2n) is 6.07. The van der Waals surface area contributed by atoms with Crippen LogP contribution in [0.15, 0.2) is 60.7 Å². The third-order valence-electron chi connectivity index (χ3n) is 4.52. The lowest BCUT2D eigenvalue weighted by molar-refractivity contribution is 0.254. The van der Waals surface area contributed by atoms with Crippen LogP contribution in [0.4, 0.5) is 5.69 Å². The van der Waals surface area contributed by atoms with Gasteiger partial charge in [0.25, 0.3) is 0 Å². The predicted octanol–water partition coefficient (Wildman–Crippen LogP) is 3.26. The number of hydrogen-bond donors (Lipinski definition) is 1. The number of benzene rings is 2. The van der Waals surface area contributed by atoms with Crippen molar-refractivity contribution in [3.8, 4) is 11.4 Å². The standard InChI is InChI=1S/C20H24N4O/c1-3-17(15-25)24(18-12-8-5-9-13-18)14-19-21-22-20(23(19)2)16-10-6-4-7-11-16/h4-13,17,25H,3,14-15H2,1-2H3. The van der Waals surface area contributed by atoms with Crippen molar-refractivity contribution in [2.24, 2.45) is 7.05 Å². The third-order valence-corrected chi connectivity index (χ3v) is 4.52. The van der Waals surface area contributed by atoms with E-state index >= 15 is 0 Å². The van der Waals surface area contributed by atoms with Crippen LogP contribution >= 0.6 is 0 Å². The summed E-state index contributed by atoms with van der Waals surface area (Å²) in [6.45, 7) is 2.79. The highest BCUT2D eigenvalue weighted by Crippen LogP contribution is 2.22. The molecule has 130 valence electrons. The van der Waals surface area contributed by atoms with E-state index in [0.717, 1.165) is 29.3 Å². The van der Waals surface area contributed by atoms with Crippen LogP contribution in [-0.2, 0) is 13.6 Å². The van der Waals surface area contributed by atoms with Crippen molar-refractivity contribution in [2.75, 3.05) is 11.5 Å². The van der Waals surface area contributed by atoms with Gasteiger partial charge < -0.3 is 14.6 Å². The number of nitrogens with zero attached hydrogens (tertiary/aromatic N) is 4. The van der Waals surface area contributed by atoms with Gasteiger partial charge in [-0.3, -0.25) is 0 Å². The highest BCUT2D eigenvalue weighted by Gasteiger charge is 2.20. The summed E-state index contributed by atoms with van der Waals surface area (Å²) in [7, 11) is 1.99. The Balaban J connectivity index is 1.91. The Labute approximate surface area is 148 Å². The highest BCUT2D eigenvalue weighted by molar-refractivity contribution is 5.55. The second kappa shape index (κ2) is 7.94. The van der Waals surface area contributed by atoms with Crippen molar-refractivity contribution >= 4 is 5.69 Å². The lowest BCUT2D eigenvalue weighted by atomic mass is 10.1. The van der Waals surface area contributed by atoms with E-state index in [1.807, 2.05) is 60.1 Å². The number of aliphatic hydroxyl groups is 1. The van der Waals surface area contributed by atoms with Crippen LogP contribution in [0.3, 0.4) is 0 Å². The van der Waals surface area contributed by atoms with E-state index in [-0.39, 0.29) is 12.6 Å². The number of hydrogen-bond acceptors (Lipinski definition) is 4. The fourth-order valence-corrected chi connectivity index (χ4v) is 2.99. The van der Waals surface area contributed by atoms with E-state index in [9.17, 15) is 5.11 Å². The van der Waals surface area contributed by atoms with Gasteiger partial charge in [0.2, 0.25) is 0 Å². The second-order valence-corrected chi connectivity index (χ2v) is 6.07. The molecule has 0 radical (unpaired) electrons. The molecule has 0 bridgehead atoms. The minimum atomic E-state index is 0.0410. The van der Waals surface area contributed by atoms with Crippen molar-refractivity contribution in [3.63, 3.8) is 0 Å². The van der Waals surface area contributed by atoms with E-state index in [2.05, 4.69) is 34.2 Å². The molecule has 0 fully saturated rings. The maximum atomic E-state index is 9.80. The van der Waals surface area contributed by atoms with Gasteiger partial charge in [0, 0.05) is 18.3 Å². The number of anilines is 1. The molecule has 0 saturated heterocycles. The van der Waals surface area contributed by atoms with Crippen LogP contribution in [-0.4, -0.2) is 32.5 Å². The topological polar surface area (TPSA) is 54.2 Å². The van der Waals surface area contributed by atoms with Gasteiger partial charge in [-0.05, 0) is 18.6 Å². The van der Waals surface area contributed by atoms with E-state index in [0.29, 0.717) is 6.54 Å². The molecule has 0 amide bonds. The zero-order valence-electron chi connectivity index (χ0n) is 14.7. The predicted molar refractivity (Wildman–Crippen MR) is 100 cm³/mol. The lowest BCUT2D eigenvalue weighted by Gasteiger charge is -2.31. The SMILES string of the molecule is CCC(CO)N(Cc1nnc(-c2ccccc2)n1C)c1ccccc1. The molecule has 1 aromatic heterocycles. The van der Waals surface area contributed by atoms with Crippen molar-refractivity contribution in [2.45, 2.75) is 25.9 Å². The molecule has 0 spiro atoms. The molecule has 1 N–H and O–H groups in total. The molecule has 0 aliphatic heterocycles. The minimum Gasteiger partial charge on any atom is -0.394 e. The summed E-state index contributed by atoms with van der Waals surface area (Å²) in [5.74, 6) is 1.72. The molecule has 5 nitrogen and oxygen atoms in total. The largest absolute Gasteiger partial charge is 0.394 e. The van der Waals surface area contributed by atoms with Gasteiger partial charge in [0.05, 0.1) is 19.2 Å². The van der Waals surface area contributed by atoms with Gasteiger partial charge in [0.15, 0.2) is 11.6 Å². The molecule has 5 heteroatoms. The van der Waals surface area contributed by atoms with E-state index in [1.54, 1.807) is 0 Å². The molecule has 1 heterocycles. The molecule has 0 saturated carbocycles. The molecule has 25 heavy (non-hydrogen) atoms. The zero-order chi connectivity index (χ0) is 17.6. The average Bonchev–Trinajstić information content (AvgIpc) is 3.04. The van der Waals surface area contributed by atoms with Crippen molar-refractivity contribution in [1.82, 2.24) is 14.8 Å². The summed E-state index contributed by atoms with van der Waals surface area (Å²) in [6, 6.07) is 20.2. The highest BCUT2D eigenvalue weighted by atomic mass is 16.3. The van der Waals surface area contributed by atoms with Crippen LogP contribution < -0.4 is 4.90 Å². The maximum Gasteiger partial charge on any atom is 0.163 e. The van der Waals surface area contributed by atoms with Crippen LogP contribution in [0, 0.1) is 0 Å². The number of aliphatic hydroxyl groups excluding tert-OH is 1. The molecule has 3 aromatic rings. The summed E-state index contributed by atoms with van der Waals surface area (Å²) >= 11 is 0. The first-order chi connectivity index (χ1) is 12.2. The Morgan fingerprint density at radius 2 is 1.64 bits per heavy atom. The van der Waals surface area contributed by atoms with E-state index < -0.39 is 0 Å². The van der Waals surface area contributed by atoms with Gasteiger partial charge in [-0.15, -0.1) is 10.2 Å². The molecule has 1 atom stereocenters. The van der Waals surface area contributed by atoms with Crippen LogP contribution in [0.25, 0.3) is 11.4 Å². The van der Waals surface area contributed by atoms with Crippen molar-refractivity contribution < 1.29 is 5.11 Å². The first-order valence-electron chi connectivity index (χ1n) is 8.60. The average molecular weight is 336 g/mol. The molecule has 1 unspecified atom stereocenters. The van der Waals surface area contributed by atoms with Gasteiger partial charge in [-0.2, -0.15) is 0 Å². The van der Waals surface area contributed by atoms with Gasteiger partial charge >= 0.3 is 0 Å². The number of rotatable bonds is 7. The Bertz CT molecular complexity index is 782. The normalized spacial score (nSPS) is 12.1. The third kappa shape index (κ3) is 3.72. The van der Waals surface area contributed by atoms with Crippen molar-refractivity contribution in [1.29, 1.82) is 0 Å². The van der Waals surface area contributed by atoms with Gasteiger partial charge in [-0.1, -0.05) is 55.5 Å². The fraction of sp³-hybridized carbons (Fsp3) is 0.300. The molecule has 0 aliphatic carbocycles.